The number of hydrogen-bond donors (Lipinski definition) is 1. The number of rotatable bonds is 2. The molecule has 0 unspecified atom stereocenters. The maximum absolute atomic E-state index is 11.5. The number of carbonyl (C=O) groups excluding carboxylic acids is 1. The van der Waals surface area contributed by atoms with E-state index in [0.29, 0.717) is 10.6 Å². The van der Waals surface area contributed by atoms with E-state index in [1.54, 1.807) is 0 Å². The van der Waals surface area contributed by atoms with Gasteiger partial charge in [0.25, 0.3) is 0 Å². The van der Waals surface area contributed by atoms with Gasteiger partial charge in [0.05, 0.1) is 7.11 Å². The molecule has 82 valence electrons. The van der Waals surface area contributed by atoms with Crippen LogP contribution in [0.5, 0.6) is 0 Å². The van der Waals surface area contributed by atoms with Crippen LogP contribution in [-0.2, 0) is 4.74 Å². The summed E-state index contributed by atoms with van der Waals surface area (Å²) in [6, 6.07) is 9.34. The average molecular weight is 233 g/mol. The molecular formula is C12H11NO2S. The normalized spacial score (nSPS) is 10.1. The van der Waals surface area contributed by atoms with Gasteiger partial charge in [-0.05, 0) is 17.5 Å². The summed E-state index contributed by atoms with van der Waals surface area (Å²) >= 11 is 1.36. The fraction of sp³-hybridized carbons (Fsp3) is 0.0833. The van der Waals surface area contributed by atoms with Crippen molar-refractivity contribution < 1.29 is 9.53 Å². The van der Waals surface area contributed by atoms with E-state index in [4.69, 9.17) is 10.5 Å². The minimum atomic E-state index is -0.326. The summed E-state index contributed by atoms with van der Waals surface area (Å²) in [6.07, 6.45) is 0. The number of thiophene rings is 1. The van der Waals surface area contributed by atoms with Gasteiger partial charge in [-0.1, -0.05) is 18.2 Å². The predicted molar refractivity (Wildman–Crippen MR) is 65.5 cm³/mol. The molecule has 1 aromatic carbocycles. The van der Waals surface area contributed by atoms with Crippen molar-refractivity contribution in [2.45, 2.75) is 0 Å². The van der Waals surface area contributed by atoms with Crippen molar-refractivity contribution in [3.63, 3.8) is 0 Å². The van der Waals surface area contributed by atoms with Crippen LogP contribution in [0, 0.1) is 0 Å². The molecule has 0 aliphatic carbocycles. The molecule has 16 heavy (non-hydrogen) atoms. The standard InChI is InChI=1S/C12H11NO2S/c1-15-12(14)11-9(6-7-16-11)8-4-2-3-5-10(8)13/h2-7H,13H2,1H3. The second-order valence-electron chi connectivity index (χ2n) is 3.24. The summed E-state index contributed by atoms with van der Waals surface area (Å²) in [5.74, 6) is -0.326. The van der Waals surface area contributed by atoms with E-state index in [-0.39, 0.29) is 5.97 Å². The quantitative estimate of drug-likeness (QED) is 0.641. The van der Waals surface area contributed by atoms with Gasteiger partial charge >= 0.3 is 5.97 Å². The lowest BCUT2D eigenvalue weighted by atomic mass is 10.0. The van der Waals surface area contributed by atoms with Gasteiger partial charge < -0.3 is 10.5 Å². The van der Waals surface area contributed by atoms with Crippen molar-refractivity contribution >= 4 is 23.0 Å². The molecule has 0 amide bonds. The Labute approximate surface area is 97.5 Å². The summed E-state index contributed by atoms with van der Waals surface area (Å²) in [6.45, 7) is 0. The van der Waals surface area contributed by atoms with Crippen molar-refractivity contribution in [3.05, 3.63) is 40.6 Å². The van der Waals surface area contributed by atoms with Crippen LogP contribution in [0.4, 0.5) is 5.69 Å². The predicted octanol–water partition coefficient (Wildman–Crippen LogP) is 2.78. The Hall–Kier alpha value is -1.81. The monoisotopic (exact) mass is 233 g/mol. The van der Waals surface area contributed by atoms with Crippen LogP contribution in [0.15, 0.2) is 35.7 Å². The summed E-state index contributed by atoms with van der Waals surface area (Å²) in [4.78, 5) is 12.1. The fourth-order valence-corrected chi connectivity index (χ4v) is 2.34. The zero-order chi connectivity index (χ0) is 11.5. The van der Waals surface area contributed by atoms with Gasteiger partial charge in [0.2, 0.25) is 0 Å². The summed E-state index contributed by atoms with van der Waals surface area (Å²) in [7, 11) is 1.38. The molecule has 0 atom stereocenters. The molecule has 0 saturated carbocycles. The third kappa shape index (κ3) is 1.79. The molecule has 2 rings (SSSR count). The number of nitrogens with two attached hydrogens (primary N) is 1. The van der Waals surface area contributed by atoms with E-state index in [9.17, 15) is 4.79 Å². The van der Waals surface area contributed by atoms with Crippen molar-refractivity contribution in [1.82, 2.24) is 0 Å². The first-order valence-electron chi connectivity index (χ1n) is 4.74. The number of nitrogen functional groups attached to an aromatic ring is 1. The lowest BCUT2D eigenvalue weighted by Gasteiger charge is -2.05. The van der Waals surface area contributed by atoms with Crippen LogP contribution >= 0.6 is 11.3 Å². The molecule has 0 fully saturated rings. The van der Waals surface area contributed by atoms with E-state index < -0.39 is 0 Å². The number of para-hydroxylation sites is 1. The summed E-state index contributed by atoms with van der Waals surface area (Å²) < 4.78 is 4.73. The summed E-state index contributed by atoms with van der Waals surface area (Å²) in [5.41, 5.74) is 8.23. The maximum Gasteiger partial charge on any atom is 0.348 e. The molecular weight excluding hydrogens is 222 g/mol. The molecule has 0 bridgehead atoms. The number of hydrogen-bond acceptors (Lipinski definition) is 4. The Morgan fingerprint density at radius 3 is 2.69 bits per heavy atom. The molecule has 2 aromatic rings. The van der Waals surface area contributed by atoms with E-state index in [1.165, 1.54) is 18.4 Å². The molecule has 0 aliphatic heterocycles. The van der Waals surface area contributed by atoms with Gasteiger partial charge in [0.1, 0.15) is 4.88 Å². The highest BCUT2D eigenvalue weighted by atomic mass is 32.1. The Bertz CT molecular complexity index is 519. The highest BCUT2D eigenvalue weighted by Gasteiger charge is 2.15. The van der Waals surface area contributed by atoms with Crippen LogP contribution in [0.2, 0.25) is 0 Å². The minimum Gasteiger partial charge on any atom is -0.465 e. The van der Waals surface area contributed by atoms with Gasteiger partial charge in [0.15, 0.2) is 0 Å². The number of esters is 1. The number of carbonyl (C=O) groups is 1. The lowest BCUT2D eigenvalue weighted by molar-refractivity contribution is 0.0607. The second kappa shape index (κ2) is 4.37. The Morgan fingerprint density at radius 1 is 1.25 bits per heavy atom. The maximum atomic E-state index is 11.5. The van der Waals surface area contributed by atoms with Gasteiger partial charge in [-0.2, -0.15) is 0 Å². The molecule has 1 heterocycles. The first kappa shape index (κ1) is 10.7. The Morgan fingerprint density at radius 2 is 2.00 bits per heavy atom. The molecule has 3 nitrogen and oxygen atoms in total. The van der Waals surface area contributed by atoms with Gasteiger partial charge in [-0.3, -0.25) is 0 Å². The molecule has 0 spiro atoms. The fourth-order valence-electron chi connectivity index (χ4n) is 1.51. The van der Waals surface area contributed by atoms with E-state index in [1.807, 2.05) is 35.7 Å². The van der Waals surface area contributed by atoms with Gasteiger partial charge in [-0.15, -0.1) is 11.3 Å². The van der Waals surface area contributed by atoms with Crippen molar-refractivity contribution in [2.24, 2.45) is 0 Å². The Kier molecular flexibility index (Phi) is 2.92. The van der Waals surface area contributed by atoms with Crippen LogP contribution in [0.1, 0.15) is 9.67 Å². The van der Waals surface area contributed by atoms with Crippen molar-refractivity contribution in [2.75, 3.05) is 12.8 Å². The Balaban J connectivity index is 2.53. The smallest absolute Gasteiger partial charge is 0.348 e. The molecule has 2 N–H and O–H groups in total. The molecule has 4 heteroatoms. The number of benzene rings is 1. The first-order chi connectivity index (χ1) is 7.74. The highest BCUT2D eigenvalue weighted by molar-refractivity contribution is 7.12. The van der Waals surface area contributed by atoms with Crippen LogP contribution < -0.4 is 5.73 Å². The zero-order valence-electron chi connectivity index (χ0n) is 8.77. The van der Waals surface area contributed by atoms with Crippen molar-refractivity contribution in [1.29, 1.82) is 0 Å². The topological polar surface area (TPSA) is 52.3 Å². The second-order valence-corrected chi connectivity index (χ2v) is 4.16. The van der Waals surface area contributed by atoms with Gasteiger partial charge in [-0.25, -0.2) is 4.79 Å². The first-order valence-corrected chi connectivity index (χ1v) is 5.62. The molecule has 0 aliphatic rings. The third-order valence-electron chi connectivity index (χ3n) is 2.29. The highest BCUT2D eigenvalue weighted by Crippen LogP contribution is 2.32. The number of anilines is 1. The lowest BCUT2D eigenvalue weighted by Crippen LogP contribution is -2.00. The number of ether oxygens (including phenoxy) is 1. The SMILES string of the molecule is COC(=O)c1sccc1-c1ccccc1N. The number of methoxy groups -OCH3 is 1. The third-order valence-corrected chi connectivity index (χ3v) is 3.18. The zero-order valence-corrected chi connectivity index (χ0v) is 9.58. The average Bonchev–Trinajstić information content (AvgIpc) is 2.77. The van der Waals surface area contributed by atoms with E-state index >= 15 is 0 Å². The van der Waals surface area contributed by atoms with E-state index in [0.717, 1.165) is 11.1 Å². The van der Waals surface area contributed by atoms with Crippen LogP contribution in [0.25, 0.3) is 11.1 Å². The van der Waals surface area contributed by atoms with Crippen LogP contribution in [0.3, 0.4) is 0 Å². The molecule has 0 saturated heterocycles. The molecule has 0 radical (unpaired) electrons. The molecule has 1 aromatic heterocycles. The minimum absolute atomic E-state index is 0.326. The van der Waals surface area contributed by atoms with E-state index in [2.05, 4.69) is 0 Å². The van der Waals surface area contributed by atoms with Crippen LogP contribution in [-0.4, -0.2) is 13.1 Å². The summed E-state index contributed by atoms with van der Waals surface area (Å²) in [5, 5.41) is 1.86. The van der Waals surface area contributed by atoms with Gasteiger partial charge in [0, 0.05) is 16.8 Å². The largest absolute Gasteiger partial charge is 0.465 e. The van der Waals surface area contributed by atoms with Crippen molar-refractivity contribution in [3.8, 4) is 11.1 Å².